The van der Waals surface area contributed by atoms with Crippen molar-refractivity contribution in [2.24, 2.45) is 0 Å². The largest absolute Gasteiger partial charge is 0.353 e. The van der Waals surface area contributed by atoms with Crippen molar-refractivity contribution in [2.45, 2.75) is 6.92 Å². The molecule has 0 spiro atoms. The van der Waals surface area contributed by atoms with Gasteiger partial charge in [-0.15, -0.1) is 10.2 Å². The fourth-order valence-corrected chi connectivity index (χ4v) is 1.27. The first-order valence-electron chi connectivity index (χ1n) is 4.73. The molecule has 0 saturated heterocycles. The summed E-state index contributed by atoms with van der Waals surface area (Å²) < 4.78 is 0. The molecule has 0 aliphatic carbocycles. The van der Waals surface area contributed by atoms with Gasteiger partial charge in [0.05, 0.1) is 10.4 Å². The minimum atomic E-state index is -0.473. The highest BCUT2D eigenvalue weighted by molar-refractivity contribution is 5.77. The molecular weight excluding hydrogens is 210 g/mol. The lowest BCUT2D eigenvalue weighted by Crippen LogP contribution is -2.03. The number of hydrogen-bond donors (Lipinski definition) is 1. The van der Waals surface area contributed by atoms with Crippen molar-refractivity contribution in [1.29, 1.82) is 0 Å². The zero-order valence-electron chi connectivity index (χ0n) is 8.54. The number of nitro benzene ring substituents is 1. The average molecular weight is 219 g/mol. The Hall–Kier alpha value is -2.31. The van der Waals surface area contributed by atoms with Crippen molar-refractivity contribution in [1.82, 2.24) is 15.2 Å². The first-order valence-corrected chi connectivity index (χ1v) is 4.73. The van der Waals surface area contributed by atoms with Crippen molar-refractivity contribution in [3.8, 4) is 0 Å². The molecule has 16 heavy (non-hydrogen) atoms. The maximum Gasteiger partial charge on any atom is 0.271 e. The van der Waals surface area contributed by atoms with Crippen LogP contribution >= 0.6 is 0 Å². The van der Waals surface area contributed by atoms with Crippen molar-refractivity contribution in [3.05, 3.63) is 28.3 Å². The van der Waals surface area contributed by atoms with Gasteiger partial charge in [0.25, 0.3) is 5.69 Å². The minimum absolute atomic E-state index is 0.0141. The van der Waals surface area contributed by atoms with Crippen LogP contribution in [0.2, 0.25) is 0 Å². The maximum atomic E-state index is 10.5. The zero-order valence-corrected chi connectivity index (χ0v) is 8.54. The van der Waals surface area contributed by atoms with Crippen LogP contribution < -0.4 is 5.32 Å². The van der Waals surface area contributed by atoms with Crippen molar-refractivity contribution < 1.29 is 4.92 Å². The Morgan fingerprint density at radius 1 is 1.38 bits per heavy atom. The number of benzene rings is 1. The summed E-state index contributed by atoms with van der Waals surface area (Å²) in [7, 11) is 0. The Morgan fingerprint density at radius 3 is 2.88 bits per heavy atom. The number of rotatable bonds is 3. The van der Waals surface area contributed by atoms with Gasteiger partial charge in [-0.1, -0.05) is 0 Å². The third-order valence-electron chi connectivity index (χ3n) is 1.98. The summed E-state index contributed by atoms with van der Waals surface area (Å²) in [5.41, 5.74) is 0.979. The van der Waals surface area contributed by atoms with Crippen LogP contribution in [0.3, 0.4) is 0 Å². The second-order valence-electron chi connectivity index (χ2n) is 3.10. The van der Waals surface area contributed by atoms with E-state index in [1.165, 1.54) is 12.1 Å². The van der Waals surface area contributed by atoms with E-state index in [1.54, 1.807) is 6.07 Å². The topological polar surface area (TPSA) is 93.8 Å². The van der Waals surface area contributed by atoms with Gasteiger partial charge in [-0.3, -0.25) is 10.1 Å². The number of non-ortho nitro benzene ring substituents is 1. The molecule has 0 saturated carbocycles. The van der Waals surface area contributed by atoms with Crippen LogP contribution in [0.15, 0.2) is 18.2 Å². The molecule has 82 valence electrons. The fourth-order valence-electron chi connectivity index (χ4n) is 1.27. The number of nitro groups is 1. The molecule has 2 rings (SSSR count). The summed E-state index contributed by atoms with van der Waals surface area (Å²) in [5, 5.41) is 21.1. The molecule has 0 unspecified atom stereocenters. The van der Waals surface area contributed by atoms with Crippen LogP contribution in [0, 0.1) is 10.1 Å². The van der Waals surface area contributed by atoms with Gasteiger partial charge in [-0.2, -0.15) is 0 Å². The lowest BCUT2D eigenvalue weighted by Gasteiger charge is -2.01. The first-order chi connectivity index (χ1) is 7.70. The molecule has 0 amide bonds. The van der Waals surface area contributed by atoms with Crippen LogP contribution in [-0.2, 0) is 0 Å². The molecule has 0 atom stereocenters. The molecule has 7 heteroatoms. The van der Waals surface area contributed by atoms with Crippen LogP contribution in [0.1, 0.15) is 6.92 Å². The number of hydrogen-bond acceptors (Lipinski definition) is 6. The molecule has 1 aromatic heterocycles. The molecule has 1 N–H and O–H groups in total. The van der Waals surface area contributed by atoms with Crippen molar-refractivity contribution in [3.63, 3.8) is 0 Å². The SMILES string of the molecule is CCNc1nnc2cc([N+](=O)[O-])ccc2n1. The Bertz CT molecular complexity index is 542. The van der Waals surface area contributed by atoms with E-state index in [4.69, 9.17) is 0 Å². The van der Waals surface area contributed by atoms with Gasteiger partial charge < -0.3 is 5.32 Å². The molecule has 0 radical (unpaired) electrons. The monoisotopic (exact) mass is 219 g/mol. The zero-order chi connectivity index (χ0) is 11.5. The highest BCUT2D eigenvalue weighted by atomic mass is 16.6. The molecule has 7 nitrogen and oxygen atoms in total. The molecule has 0 fully saturated rings. The fraction of sp³-hybridized carbons (Fsp3) is 0.222. The highest BCUT2D eigenvalue weighted by Gasteiger charge is 2.08. The standard InChI is InChI=1S/C9H9N5O2/c1-2-10-9-11-7-4-3-6(14(15)16)5-8(7)12-13-9/h3-5H,2H2,1H3,(H,10,11,13). The molecule has 2 aromatic rings. The Morgan fingerprint density at radius 2 is 2.19 bits per heavy atom. The second-order valence-corrected chi connectivity index (χ2v) is 3.10. The second kappa shape index (κ2) is 4.05. The maximum absolute atomic E-state index is 10.5. The van der Waals surface area contributed by atoms with E-state index >= 15 is 0 Å². The number of nitrogens with zero attached hydrogens (tertiary/aromatic N) is 4. The minimum Gasteiger partial charge on any atom is -0.353 e. The molecule has 0 aliphatic rings. The Kier molecular flexibility index (Phi) is 2.59. The van der Waals surface area contributed by atoms with Crippen LogP contribution in [0.4, 0.5) is 11.6 Å². The lowest BCUT2D eigenvalue weighted by molar-refractivity contribution is -0.384. The Balaban J connectivity index is 2.48. The van der Waals surface area contributed by atoms with Gasteiger partial charge >= 0.3 is 0 Å². The summed E-state index contributed by atoms with van der Waals surface area (Å²) in [4.78, 5) is 14.2. The predicted molar refractivity (Wildman–Crippen MR) is 58.2 cm³/mol. The molecular formula is C9H9N5O2. The molecule has 0 bridgehead atoms. The van der Waals surface area contributed by atoms with Crippen molar-refractivity contribution >= 4 is 22.7 Å². The first kappa shape index (κ1) is 10.2. The number of nitrogens with one attached hydrogen (secondary N) is 1. The quantitative estimate of drug-likeness (QED) is 0.618. The normalized spacial score (nSPS) is 10.3. The van der Waals surface area contributed by atoms with Gasteiger partial charge in [0, 0.05) is 18.7 Å². The average Bonchev–Trinajstić information content (AvgIpc) is 2.28. The Labute approximate surface area is 90.7 Å². The molecule has 0 aliphatic heterocycles. The summed E-state index contributed by atoms with van der Waals surface area (Å²) in [6.45, 7) is 2.61. The van der Waals surface area contributed by atoms with E-state index in [1.807, 2.05) is 6.92 Å². The van der Waals surface area contributed by atoms with Gasteiger partial charge in [-0.25, -0.2) is 4.98 Å². The van der Waals surface area contributed by atoms with E-state index in [2.05, 4.69) is 20.5 Å². The van der Waals surface area contributed by atoms with Gasteiger partial charge in [0.1, 0.15) is 5.52 Å². The van der Waals surface area contributed by atoms with Crippen molar-refractivity contribution in [2.75, 3.05) is 11.9 Å². The molecule has 1 aromatic carbocycles. The third kappa shape index (κ3) is 1.88. The van der Waals surface area contributed by atoms with E-state index in [0.717, 1.165) is 0 Å². The van der Waals surface area contributed by atoms with E-state index in [0.29, 0.717) is 23.5 Å². The summed E-state index contributed by atoms with van der Waals surface area (Å²) in [6, 6.07) is 4.31. The highest BCUT2D eigenvalue weighted by Crippen LogP contribution is 2.17. The lowest BCUT2D eigenvalue weighted by atomic mass is 10.3. The van der Waals surface area contributed by atoms with E-state index in [-0.39, 0.29) is 5.69 Å². The van der Waals surface area contributed by atoms with Crippen LogP contribution in [0.25, 0.3) is 11.0 Å². The van der Waals surface area contributed by atoms with E-state index in [9.17, 15) is 10.1 Å². The van der Waals surface area contributed by atoms with E-state index < -0.39 is 4.92 Å². The number of anilines is 1. The smallest absolute Gasteiger partial charge is 0.271 e. The van der Waals surface area contributed by atoms with Crippen LogP contribution in [-0.4, -0.2) is 26.6 Å². The number of aromatic nitrogens is 3. The summed E-state index contributed by atoms with van der Waals surface area (Å²) >= 11 is 0. The number of fused-ring (bicyclic) bond motifs is 1. The predicted octanol–water partition coefficient (Wildman–Crippen LogP) is 1.36. The summed E-state index contributed by atoms with van der Waals surface area (Å²) in [5.74, 6) is 0.420. The third-order valence-corrected chi connectivity index (χ3v) is 1.98. The van der Waals surface area contributed by atoms with Gasteiger partial charge in [0.2, 0.25) is 5.95 Å². The van der Waals surface area contributed by atoms with Gasteiger partial charge in [0.15, 0.2) is 0 Å². The van der Waals surface area contributed by atoms with Gasteiger partial charge in [-0.05, 0) is 13.0 Å². The summed E-state index contributed by atoms with van der Waals surface area (Å²) in [6.07, 6.45) is 0. The van der Waals surface area contributed by atoms with Crippen LogP contribution in [0.5, 0.6) is 0 Å². The molecule has 1 heterocycles.